The molecule has 1 aliphatic carbocycles. The van der Waals surface area contributed by atoms with Gasteiger partial charge < -0.3 is 19.1 Å². The number of hydrogen-bond donors (Lipinski definition) is 0. The molecule has 0 N–H and O–H groups in total. The monoisotopic (exact) mass is 412 g/mol. The van der Waals surface area contributed by atoms with E-state index in [0.29, 0.717) is 37.6 Å². The van der Waals surface area contributed by atoms with E-state index >= 15 is 0 Å². The van der Waals surface area contributed by atoms with E-state index in [1.807, 2.05) is 6.07 Å². The van der Waals surface area contributed by atoms with Crippen LogP contribution in [-0.4, -0.2) is 48.7 Å². The lowest BCUT2D eigenvalue weighted by Gasteiger charge is -2.39. The second-order valence-electron chi connectivity index (χ2n) is 7.77. The highest BCUT2D eigenvalue weighted by Crippen LogP contribution is 2.33. The number of benzene rings is 1. The van der Waals surface area contributed by atoms with Gasteiger partial charge in [0, 0.05) is 19.5 Å². The van der Waals surface area contributed by atoms with Crippen molar-refractivity contribution in [3.63, 3.8) is 0 Å². The minimum absolute atomic E-state index is 0.365. The van der Waals surface area contributed by atoms with E-state index in [2.05, 4.69) is 6.07 Å². The smallest absolute Gasteiger partial charge is 0.331 e. The van der Waals surface area contributed by atoms with Crippen molar-refractivity contribution in [2.75, 3.05) is 20.3 Å². The van der Waals surface area contributed by atoms with Gasteiger partial charge in [-0.05, 0) is 43.5 Å². The first kappa shape index (κ1) is 21.7. The fraction of sp³-hybridized carbons (Fsp3) is 0.522. The molecule has 0 aromatic heterocycles. The molecular weight excluding hydrogens is 384 g/mol. The number of ether oxygens (including phenoxy) is 3. The van der Waals surface area contributed by atoms with E-state index in [1.165, 1.54) is 17.9 Å². The third-order valence-electron chi connectivity index (χ3n) is 5.69. The number of fused-ring (bicyclic) bond motifs is 1. The molecule has 30 heavy (non-hydrogen) atoms. The van der Waals surface area contributed by atoms with Gasteiger partial charge in [0.1, 0.15) is 5.54 Å². The van der Waals surface area contributed by atoms with Gasteiger partial charge in [0.25, 0.3) is 5.91 Å². The van der Waals surface area contributed by atoms with Gasteiger partial charge in [0.2, 0.25) is 0 Å². The number of esters is 1. The Morgan fingerprint density at radius 2 is 1.87 bits per heavy atom. The highest BCUT2D eigenvalue weighted by molar-refractivity contribution is 5.90. The molecule has 7 nitrogen and oxygen atoms in total. The molecule has 7 heteroatoms. The average molecular weight is 412 g/mol. The van der Waals surface area contributed by atoms with Crippen LogP contribution in [0.1, 0.15) is 51.0 Å². The SMILES string of the molecule is C[C@@H](OC(=O)/C=C/c1ccc2c(c1)OCCCO2)C(=O)N(C)C1(C#N)CCCCC1. The normalized spacial score (nSPS) is 18.7. The Kier molecular flexibility index (Phi) is 6.99. The standard InChI is InChI=1S/C23H28N2O5/c1-17(22(27)25(2)23(16-24)11-4-3-5-12-23)30-21(26)10-8-18-7-9-19-20(15-18)29-14-6-13-28-19/h7-10,15,17H,3-6,11-14H2,1-2H3/b10-8+/t17-/m1/s1. The maximum atomic E-state index is 12.8. The molecule has 1 aliphatic heterocycles. The topological polar surface area (TPSA) is 88.9 Å². The summed E-state index contributed by atoms with van der Waals surface area (Å²) in [7, 11) is 1.62. The maximum Gasteiger partial charge on any atom is 0.331 e. The number of carbonyl (C=O) groups excluding carboxylic acids is 2. The van der Waals surface area contributed by atoms with Crippen LogP contribution in [0.25, 0.3) is 6.08 Å². The molecule has 1 heterocycles. The zero-order valence-electron chi connectivity index (χ0n) is 17.6. The van der Waals surface area contributed by atoms with Gasteiger partial charge >= 0.3 is 5.97 Å². The van der Waals surface area contributed by atoms with E-state index in [1.54, 1.807) is 25.3 Å². The summed E-state index contributed by atoms with van der Waals surface area (Å²) in [6.07, 6.45) is 6.94. The minimum Gasteiger partial charge on any atom is -0.490 e. The van der Waals surface area contributed by atoms with Crippen LogP contribution in [0.4, 0.5) is 0 Å². The average Bonchev–Trinajstić information content (AvgIpc) is 3.02. The summed E-state index contributed by atoms with van der Waals surface area (Å²) in [6, 6.07) is 7.73. The number of rotatable bonds is 5. The first-order valence-electron chi connectivity index (χ1n) is 10.4. The van der Waals surface area contributed by atoms with Gasteiger partial charge in [-0.1, -0.05) is 25.3 Å². The van der Waals surface area contributed by atoms with Crippen molar-refractivity contribution in [1.82, 2.24) is 4.90 Å². The van der Waals surface area contributed by atoms with Crippen LogP contribution in [0, 0.1) is 11.3 Å². The quantitative estimate of drug-likeness (QED) is 0.543. The second-order valence-corrected chi connectivity index (χ2v) is 7.77. The molecule has 0 spiro atoms. The highest BCUT2D eigenvalue weighted by Gasteiger charge is 2.40. The fourth-order valence-electron chi connectivity index (χ4n) is 3.85. The van der Waals surface area contributed by atoms with E-state index in [0.717, 1.165) is 31.2 Å². The summed E-state index contributed by atoms with van der Waals surface area (Å²) in [5.74, 6) is 0.341. The van der Waals surface area contributed by atoms with Crippen molar-refractivity contribution in [3.8, 4) is 17.6 Å². The van der Waals surface area contributed by atoms with Crippen LogP contribution in [0.15, 0.2) is 24.3 Å². The lowest BCUT2D eigenvalue weighted by atomic mass is 9.81. The summed E-state index contributed by atoms with van der Waals surface area (Å²) >= 11 is 0. The Morgan fingerprint density at radius 3 is 2.57 bits per heavy atom. The summed E-state index contributed by atoms with van der Waals surface area (Å²) < 4.78 is 16.5. The number of amides is 1. The lowest BCUT2D eigenvalue weighted by molar-refractivity contribution is -0.157. The third kappa shape index (κ3) is 4.93. The molecule has 1 saturated carbocycles. The van der Waals surface area contributed by atoms with Crippen molar-refractivity contribution >= 4 is 18.0 Å². The first-order valence-corrected chi connectivity index (χ1v) is 10.4. The van der Waals surface area contributed by atoms with Crippen LogP contribution in [-0.2, 0) is 14.3 Å². The van der Waals surface area contributed by atoms with E-state index in [4.69, 9.17) is 14.2 Å². The highest BCUT2D eigenvalue weighted by atomic mass is 16.5. The van der Waals surface area contributed by atoms with E-state index in [9.17, 15) is 14.9 Å². The lowest BCUT2D eigenvalue weighted by Crippen LogP contribution is -2.53. The minimum atomic E-state index is -0.969. The van der Waals surface area contributed by atoms with Crippen molar-refractivity contribution < 1.29 is 23.8 Å². The van der Waals surface area contributed by atoms with Gasteiger partial charge in [-0.2, -0.15) is 5.26 Å². The van der Waals surface area contributed by atoms with Crippen LogP contribution in [0.3, 0.4) is 0 Å². The predicted molar refractivity (Wildman–Crippen MR) is 111 cm³/mol. The maximum absolute atomic E-state index is 12.8. The number of likely N-dealkylation sites (N-methyl/N-ethyl adjacent to an activating group) is 1. The van der Waals surface area contributed by atoms with Crippen LogP contribution < -0.4 is 9.47 Å². The predicted octanol–water partition coefficient (Wildman–Crippen LogP) is 3.48. The Hall–Kier alpha value is -3.01. The van der Waals surface area contributed by atoms with Gasteiger partial charge in [-0.3, -0.25) is 4.79 Å². The summed E-state index contributed by atoms with van der Waals surface area (Å²) in [5, 5.41) is 9.65. The molecule has 0 unspecified atom stereocenters. The van der Waals surface area contributed by atoms with Gasteiger partial charge in [0.15, 0.2) is 17.6 Å². The number of nitrogens with zero attached hydrogens (tertiary/aromatic N) is 2. The van der Waals surface area contributed by atoms with Crippen molar-refractivity contribution in [3.05, 3.63) is 29.8 Å². The third-order valence-corrected chi connectivity index (χ3v) is 5.69. The molecule has 0 radical (unpaired) electrons. The Bertz CT molecular complexity index is 852. The molecule has 1 atom stereocenters. The summed E-state index contributed by atoms with van der Waals surface area (Å²) in [5.41, 5.74) is -0.0478. The molecule has 1 amide bonds. The van der Waals surface area contributed by atoms with E-state index < -0.39 is 17.6 Å². The second kappa shape index (κ2) is 9.66. The Balaban J connectivity index is 1.59. The van der Waals surface area contributed by atoms with Crippen molar-refractivity contribution in [2.45, 2.75) is 57.1 Å². The number of hydrogen-bond acceptors (Lipinski definition) is 6. The van der Waals surface area contributed by atoms with Crippen molar-refractivity contribution in [1.29, 1.82) is 5.26 Å². The molecule has 1 aromatic rings. The fourth-order valence-corrected chi connectivity index (χ4v) is 3.85. The van der Waals surface area contributed by atoms with Crippen molar-refractivity contribution in [2.24, 2.45) is 0 Å². The van der Waals surface area contributed by atoms with Crippen LogP contribution in [0.2, 0.25) is 0 Å². The molecular formula is C23H28N2O5. The Morgan fingerprint density at radius 1 is 1.17 bits per heavy atom. The van der Waals surface area contributed by atoms with Crippen LogP contribution in [0.5, 0.6) is 11.5 Å². The molecule has 2 aliphatic rings. The zero-order chi connectivity index (χ0) is 21.6. The van der Waals surface area contributed by atoms with Crippen LogP contribution >= 0.6 is 0 Å². The molecule has 0 saturated heterocycles. The molecule has 160 valence electrons. The Labute approximate surface area is 177 Å². The van der Waals surface area contributed by atoms with E-state index in [-0.39, 0.29) is 5.91 Å². The molecule has 3 rings (SSSR count). The first-order chi connectivity index (χ1) is 14.4. The molecule has 1 aromatic carbocycles. The van der Waals surface area contributed by atoms with Gasteiger partial charge in [-0.25, -0.2) is 4.79 Å². The largest absolute Gasteiger partial charge is 0.490 e. The van der Waals surface area contributed by atoms with Gasteiger partial charge in [0.05, 0.1) is 19.3 Å². The number of carbonyl (C=O) groups is 2. The van der Waals surface area contributed by atoms with Gasteiger partial charge in [-0.15, -0.1) is 0 Å². The molecule has 1 fully saturated rings. The summed E-state index contributed by atoms with van der Waals surface area (Å²) in [6.45, 7) is 2.73. The summed E-state index contributed by atoms with van der Waals surface area (Å²) in [4.78, 5) is 26.4. The molecule has 0 bridgehead atoms. The number of nitriles is 1. The zero-order valence-corrected chi connectivity index (χ0v) is 17.6.